The molecule has 0 spiro atoms. The maximum absolute atomic E-state index is 11.8. The van der Waals surface area contributed by atoms with E-state index in [2.05, 4.69) is 20.4 Å². The third-order valence-electron chi connectivity index (χ3n) is 4.11. The molecule has 0 bridgehead atoms. The number of H-pyrrole nitrogens is 1. The van der Waals surface area contributed by atoms with E-state index in [4.69, 9.17) is 10.5 Å². The van der Waals surface area contributed by atoms with E-state index in [9.17, 15) is 4.79 Å². The molecule has 1 aromatic heterocycles. The van der Waals surface area contributed by atoms with E-state index in [-0.39, 0.29) is 12.1 Å². The zero-order valence-electron chi connectivity index (χ0n) is 12.7. The minimum absolute atomic E-state index is 0.236. The molecule has 2 unspecified atom stereocenters. The van der Waals surface area contributed by atoms with Crippen LogP contribution in [0.25, 0.3) is 0 Å². The number of carbonyl (C=O) groups is 1. The average Bonchev–Trinajstić information content (AvgIpc) is 2.85. The standard InChI is InChI=1S/C14H23N5O2/c1-14(2,3)21-13(20)17-11-9-6-19(7-10(9)11)12-8(4-15)5-16-18-12/h5,9-11H,4,6-7,15H2,1-3H3,(H,16,18)(H,17,20). The zero-order valence-corrected chi connectivity index (χ0v) is 12.7. The smallest absolute Gasteiger partial charge is 0.407 e. The minimum atomic E-state index is -0.452. The summed E-state index contributed by atoms with van der Waals surface area (Å²) in [6, 6.07) is 0.236. The lowest BCUT2D eigenvalue weighted by molar-refractivity contribution is 0.0518. The Morgan fingerprint density at radius 1 is 1.52 bits per heavy atom. The second-order valence-electron chi connectivity index (χ2n) is 6.85. The molecule has 3 rings (SSSR count). The summed E-state index contributed by atoms with van der Waals surface area (Å²) in [5.41, 5.74) is 6.28. The molecule has 7 heteroatoms. The van der Waals surface area contributed by atoms with Gasteiger partial charge in [-0.15, -0.1) is 0 Å². The highest BCUT2D eigenvalue weighted by Gasteiger charge is 2.57. The van der Waals surface area contributed by atoms with E-state index in [1.54, 1.807) is 6.20 Å². The highest BCUT2D eigenvalue weighted by atomic mass is 16.6. The van der Waals surface area contributed by atoms with Crippen molar-refractivity contribution in [2.24, 2.45) is 17.6 Å². The number of nitrogens with two attached hydrogens (primary N) is 1. The number of aromatic amines is 1. The van der Waals surface area contributed by atoms with Gasteiger partial charge in [-0.3, -0.25) is 5.10 Å². The first-order valence-electron chi connectivity index (χ1n) is 7.36. The van der Waals surface area contributed by atoms with Gasteiger partial charge < -0.3 is 20.7 Å². The number of amides is 1. The third kappa shape index (κ3) is 2.83. The van der Waals surface area contributed by atoms with Gasteiger partial charge in [-0.2, -0.15) is 5.10 Å². The van der Waals surface area contributed by atoms with Crippen molar-refractivity contribution in [2.45, 2.75) is 39.0 Å². The predicted octanol–water partition coefficient (Wildman–Crippen LogP) is 0.828. The van der Waals surface area contributed by atoms with Crippen LogP contribution in [-0.2, 0) is 11.3 Å². The summed E-state index contributed by atoms with van der Waals surface area (Å²) in [4.78, 5) is 14.0. The zero-order chi connectivity index (χ0) is 15.2. The van der Waals surface area contributed by atoms with E-state index in [1.165, 1.54) is 0 Å². The van der Waals surface area contributed by atoms with E-state index in [0.29, 0.717) is 18.4 Å². The first-order chi connectivity index (χ1) is 9.89. The molecule has 1 aromatic rings. The van der Waals surface area contributed by atoms with Gasteiger partial charge in [-0.1, -0.05) is 0 Å². The van der Waals surface area contributed by atoms with E-state index in [0.717, 1.165) is 24.5 Å². The molecule has 4 N–H and O–H groups in total. The molecule has 2 atom stereocenters. The molecule has 1 amide bonds. The van der Waals surface area contributed by atoms with Gasteiger partial charge >= 0.3 is 6.09 Å². The fraction of sp³-hybridized carbons (Fsp3) is 0.714. The largest absolute Gasteiger partial charge is 0.444 e. The molecule has 7 nitrogen and oxygen atoms in total. The number of rotatable bonds is 3. The van der Waals surface area contributed by atoms with Gasteiger partial charge in [0.25, 0.3) is 0 Å². The van der Waals surface area contributed by atoms with Crippen LogP contribution in [0, 0.1) is 11.8 Å². The van der Waals surface area contributed by atoms with Gasteiger partial charge in [0.1, 0.15) is 11.4 Å². The Bertz CT molecular complexity index is 524. The van der Waals surface area contributed by atoms with Crippen molar-refractivity contribution >= 4 is 11.9 Å². The van der Waals surface area contributed by atoms with Gasteiger partial charge in [0.2, 0.25) is 0 Å². The molecule has 0 radical (unpaired) electrons. The number of ether oxygens (including phenoxy) is 1. The summed E-state index contributed by atoms with van der Waals surface area (Å²) in [5.74, 6) is 2.00. The lowest BCUT2D eigenvalue weighted by atomic mass is 10.2. The number of alkyl carbamates (subject to hydrolysis) is 1. The Kier molecular flexibility index (Phi) is 3.32. The van der Waals surface area contributed by atoms with Gasteiger partial charge in [0.05, 0.1) is 6.20 Å². The Labute approximate surface area is 124 Å². The Balaban J connectivity index is 1.51. The quantitative estimate of drug-likeness (QED) is 0.767. The number of nitrogens with one attached hydrogen (secondary N) is 2. The van der Waals surface area contributed by atoms with Crippen LogP contribution in [-0.4, -0.2) is 41.0 Å². The minimum Gasteiger partial charge on any atom is -0.444 e. The summed E-state index contributed by atoms with van der Waals surface area (Å²) in [5, 5.41) is 10.0. The number of hydrogen-bond acceptors (Lipinski definition) is 5. The second-order valence-corrected chi connectivity index (χ2v) is 6.85. The fourth-order valence-electron chi connectivity index (χ4n) is 3.09. The lowest BCUT2D eigenvalue weighted by Crippen LogP contribution is -2.38. The number of piperidine rings is 1. The number of aromatic nitrogens is 2. The van der Waals surface area contributed by atoms with E-state index < -0.39 is 5.60 Å². The van der Waals surface area contributed by atoms with Crippen molar-refractivity contribution in [2.75, 3.05) is 18.0 Å². The van der Waals surface area contributed by atoms with Crippen LogP contribution in [0.4, 0.5) is 10.6 Å². The van der Waals surface area contributed by atoms with Gasteiger partial charge in [-0.25, -0.2) is 4.79 Å². The third-order valence-corrected chi connectivity index (χ3v) is 4.11. The summed E-state index contributed by atoms with van der Waals surface area (Å²) < 4.78 is 5.29. The first-order valence-corrected chi connectivity index (χ1v) is 7.36. The molecule has 2 aliphatic rings. The molecule has 0 aromatic carbocycles. The number of anilines is 1. The molecule has 1 saturated heterocycles. The van der Waals surface area contributed by atoms with Crippen LogP contribution in [0.5, 0.6) is 0 Å². The Morgan fingerprint density at radius 2 is 2.19 bits per heavy atom. The van der Waals surface area contributed by atoms with E-state index in [1.807, 2.05) is 20.8 Å². The molecule has 1 aliphatic carbocycles. The SMILES string of the molecule is CC(C)(C)OC(=O)NC1C2CN(c3[nH]ncc3CN)CC21. The summed E-state index contributed by atoms with van der Waals surface area (Å²) >= 11 is 0. The second kappa shape index (κ2) is 4.91. The first kappa shape index (κ1) is 14.2. The maximum atomic E-state index is 11.8. The van der Waals surface area contributed by atoms with Crippen molar-refractivity contribution in [1.82, 2.24) is 15.5 Å². The molecule has 1 aliphatic heterocycles. The maximum Gasteiger partial charge on any atom is 0.407 e. The Hall–Kier alpha value is -1.76. The van der Waals surface area contributed by atoms with Crippen LogP contribution in [0.15, 0.2) is 6.20 Å². The highest BCUT2D eigenvalue weighted by Crippen LogP contribution is 2.46. The van der Waals surface area contributed by atoms with Crippen molar-refractivity contribution in [3.05, 3.63) is 11.8 Å². The van der Waals surface area contributed by atoms with Crippen molar-refractivity contribution < 1.29 is 9.53 Å². The average molecular weight is 293 g/mol. The molecule has 21 heavy (non-hydrogen) atoms. The molecular formula is C14H23N5O2. The number of carbonyl (C=O) groups excluding carboxylic acids is 1. The number of nitrogens with zero attached hydrogens (tertiary/aromatic N) is 2. The predicted molar refractivity (Wildman–Crippen MR) is 78.8 cm³/mol. The summed E-state index contributed by atoms with van der Waals surface area (Å²) in [6.07, 6.45) is 1.45. The van der Waals surface area contributed by atoms with Crippen molar-refractivity contribution in [1.29, 1.82) is 0 Å². The molecule has 2 heterocycles. The normalized spacial score (nSPS) is 27.4. The fourth-order valence-corrected chi connectivity index (χ4v) is 3.09. The van der Waals surface area contributed by atoms with Gasteiger partial charge in [0.15, 0.2) is 0 Å². The van der Waals surface area contributed by atoms with Gasteiger partial charge in [-0.05, 0) is 20.8 Å². The van der Waals surface area contributed by atoms with Crippen molar-refractivity contribution in [3.63, 3.8) is 0 Å². The van der Waals surface area contributed by atoms with Crippen molar-refractivity contribution in [3.8, 4) is 0 Å². The van der Waals surface area contributed by atoms with Crippen LogP contribution in [0.1, 0.15) is 26.3 Å². The van der Waals surface area contributed by atoms with E-state index >= 15 is 0 Å². The summed E-state index contributed by atoms with van der Waals surface area (Å²) in [6.45, 7) is 7.93. The molecular weight excluding hydrogens is 270 g/mol. The van der Waals surface area contributed by atoms with Crippen LogP contribution in [0.3, 0.4) is 0 Å². The van der Waals surface area contributed by atoms with Crippen LogP contribution >= 0.6 is 0 Å². The van der Waals surface area contributed by atoms with Crippen LogP contribution < -0.4 is 16.0 Å². The topological polar surface area (TPSA) is 96.3 Å². The number of fused-ring (bicyclic) bond motifs is 1. The molecule has 2 fully saturated rings. The molecule has 116 valence electrons. The lowest BCUT2D eigenvalue weighted by Gasteiger charge is -2.23. The summed E-state index contributed by atoms with van der Waals surface area (Å²) in [7, 11) is 0. The monoisotopic (exact) mass is 293 g/mol. The number of hydrogen-bond donors (Lipinski definition) is 3. The highest BCUT2D eigenvalue weighted by molar-refractivity contribution is 5.69. The Morgan fingerprint density at radius 3 is 2.76 bits per heavy atom. The van der Waals surface area contributed by atoms with Gasteiger partial charge in [0, 0.05) is 43.1 Å². The molecule has 1 saturated carbocycles. The van der Waals surface area contributed by atoms with Crippen LogP contribution in [0.2, 0.25) is 0 Å².